The maximum absolute atomic E-state index is 12.4. The van der Waals surface area contributed by atoms with Crippen molar-refractivity contribution in [1.29, 1.82) is 0 Å². The average Bonchev–Trinajstić information content (AvgIpc) is 2.97. The van der Waals surface area contributed by atoms with E-state index in [1.165, 1.54) is 5.56 Å². The second-order valence-corrected chi connectivity index (χ2v) is 14.1. The molecular formula is C21H35NO3Si. The number of rotatable bonds is 7. The lowest BCUT2D eigenvalue weighted by Crippen LogP contribution is -2.46. The molecule has 1 aliphatic rings. The summed E-state index contributed by atoms with van der Waals surface area (Å²) >= 11 is 0. The third kappa shape index (κ3) is 4.38. The van der Waals surface area contributed by atoms with Gasteiger partial charge in [0.2, 0.25) is 0 Å². The monoisotopic (exact) mass is 377 g/mol. The van der Waals surface area contributed by atoms with Crippen LogP contribution in [0.5, 0.6) is 5.75 Å². The van der Waals surface area contributed by atoms with Crippen LogP contribution < -0.4 is 10.5 Å². The number of benzene rings is 1. The topological polar surface area (TPSA) is 61.5 Å². The summed E-state index contributed by atoms with van der Waals surface area (Å²) in [5.74, 6) is 0.781. The Morgan fingerprint density at radius 1 is 1.31 bits per heavy atom. The lowest BCUT2D eigenvalue weighted by molar-refractivity contribution is -0.123. The first kappa shape index (κ1) is 21.1. The molecule has 5 heteroatoms. The van der Waals surface area contributed by atoms with Crippen molar-refractivity contribution in [2.24, 2.45) is 11.7 Å². The van der Waals surface area contributed by atoms with Crippen LogP contribution in [0.2, 0.25) is 18.1 Å². The predicted molar refractivity (Wildman–Crippen MR) is 109 cm³/mol. The van der Waals surface area contributed by atoms with E-state index in [1.807, 2.05) is 19.1 Å². The number of carbonyl (C=O) groups excluding carboxylic acids is 1. The summed E-state index contributed by atoms with van der Waals surface area (Å²) in [5.41, 5.74) is 8.16. The fourth-order valence-corrected chi connectivity index (χ4v) is 4.36. The molecule has 0 bridgehead atoms. The standard InChI is InChI=1S/C21H35NO3Si/c1-15(23)18(11-13-25-26(6,7)20(2,3)4)21(5,22)17-8-9-19-16(14-17)10-12-24-19/h8-9,14,18H,10-13,22H2,1-7H3/t18-,21-/m0/s1. The molecular weight excluding hydrogens is 342 g/mol. The fraction of sp³-hybridized carbons (Fsp3) is 0.667. The highest BCUT2D eigenvalue weighted by atomic mass is 28.4. The molecule has 146 valence electrons. The van der Waals surface area contributed by atoms with Gasteiger partial charge in [-0.05, 0) is 55.6 Å². The molecule has 4 nitrogen and oxygen atoms in total. The lowest BCUT2D eigenvalue weighted by Gasteiger charge is -2.38. The van der Waals surface area contributed by atoms with Crippen molar-refractivity contribution in [3.63, 3.8) is 0 Å². The summed E-state index contributed by atoms with van der Waals surface area (Å²) in [4.78, 5) is 12.4. The molecule has 1 aromatic carbocycles. The smallest absolute Gasteiger partial charge is 0.191 e. The van der Waals surface area contributed by atoms with E-state index in [2.05, 4.69) is 39.9 Å². The van der Waals surface area contributed by atoms with E-state index >= 15 is 0 Å². The zero-order valence-electron chi connectivity index (χ0n) is 17.4. The van der Waals surface area contributed by atoms with E-state index in [1.54, 1.807) is 6.92 Å². The Labute approximate surface area is 159 Å². The second kappa shape index (κ2) is 7.45. The van der Waals surface area contributed by atoms with Gasteiger partial charge in [-0.25, -0.2) is 0 Å². The minimum Gasteiger partial charge on any atom is -0.493 e. The Morgan fingerprint density at radius 3 is 2.54 bits per heavy atom. The van der Waals surface area contributed by atoms with Crippen LogP contribution in [-0.4, -0.2) is 27.3 Å². The zero-order chi connectivity index (χ0) is 19.8. The summed E-state index contributed by atoms with van der Waals surface area (Å²) < 4.78 is 11.9. The van der Waals surface area contributed by atoms with Crippen molar-refractivity contribution < 1.29 is 14.0 Å². The van der Waals surface area contributed by atoms with Crippen LogP contribution in [0.4, 0.5) is 0 Å². The molecule has 2 atom stereocenters. The molecule has 0 unspecified atom stereocenters. The normalized spacial score (nSPS) is 18.0. The van der Waals surface area contributed by atoms with Gasteiger partial charge in [0.25, 0.3) is 0 Å². The van der Waals surface area contributed by atoms with Crippen LogP contribution in [0.15, 0.2) is 18.2 Å². The van der Waals surface area contributed by atoms with E-state index in [-0.39, 0.29) is 16.7 Å². The largest absolute Gasteiger partial charge is 0.493 e. The predicted octanol–water partition coefficient (Wildman–Crippen LogP) is 4.41. The van der Waals surface area contributed by atoms with Gasteiger partial charge < -0.3 is 14.9 Å². The quantitative estimate of drug-likeness (QED) is 0.715. The lowest BCUT2D eigenvalue weighted by atomic mass is 9.76. The minimum absolute atomic E-state index is 0.116. The van der Waals surface area contributed by atoms with Crippen LogP contribution in [0, 0.1) is 5.92 Å². The molecule has 26 heavy (non-hydrogen) atoms. The molecule has 0 saturated carbocycles. The number of hydrogen-bond acceptors (Lipinski definition) is 4. The maximum Gasteiger partial charge on any atom is 0.191 e. The van der Waals surface area contributed by atoms with Crippen LogP contribution in [0.3, 0.4) is 0 Å². The summed E-state index contributed by atoms with van der Waals surface area (Å²) in [5, 5.41) is 0.157. The minimum atomic E-state index is -1.83. The molecule has 0 fully saturated rings. The number of Topliss-reactive ketones (excluding diaryl/α,β-unsaturated/α-hetero) is 1. The van der Waals surface area contributed by atoms with Gasteiger partial charge in [-0.1, -0.05) is 32.9 Å². The molecule has 0 aliphatic carbocycles. The van der Waals surface area contributed by atoms with Gasteiger partial charge in [0, 0.05) is 24.5 Å². The second-order valence-electron chi connectivity index (χ2n) is 9.26. The average molecular weight is 378 g/mol. The molecule has 0 saturated heterocycles. The highest BCUT2D eigenvalue weighted by molar-refractivity contribution is 6.74. The van der Waals surface area contributed by atoms with Crippen molar-refractivity contribution in [1.82, 2.24) is 0 Å². The molecule has 0 amide bonds. The van der Waals surface area contributed by atoms with Crippen LogP contribution in [-0.2, 0) is 21.2 Å². The number of ketones is 1. The third-order valence-electron chi connectivity index (χ3n) is 6.20. The number of hydrogen-bond donors (Lipinski definition) is 1. The molecule has 2 N–H and O–H groups in total. The fourth-order valence-electron chi connectivity index (χ4n) is 3.30. The van der Waals surface area contributed by atoms with E-state index in [9.17, 15) is 4.79 Å². The number of carbonyl (C=O) groups is 1. The SMILES string of the molecule is CC(=O)[C@H](CCO[Si](C)(C)C(C)(C)C)[C@@](C)(N)c1ccc2c(c1)CCO2. The van der Waals surface area contributed by atoms with Gasteiger partial charge >= 0.3 is 0 Å². The summed E-state index contributed by atoms with van der Waals surface area (Å²) in [6.45, 7) is 16.0. The van der Waals surface area contributed by atoms with Crippen molar-refractivity contribution in [2.45, 2.75) is 71.1 Å². The van der Waals surface area contributed by atoms with Gasteiger partial charge in [-0.15, -0.1) is 0 Å². The van der Waals surface area contributed by atoms with Gasteiger partial charge in [0.15, 0.2) is 8.32 Å². The molecule has 0 radical (unpaired) electrons. The number of ether oxygens (including phenoxy) is 1. The van der Waals surface area contributed by atoms with Crippen molar-refractivity contribution >= 4 is 14.1 Å². The molecule has 0 aromatic heterocycles. The summed E-state index contributed by atoms with van der Waals surface area (Å²) in [7, 11) is -1.83. The van der Waals surface area contributed by atoms with Crippen LogP contribution in [0.1, 0.15) is 52.2 Å². The molecule has 0 spiro atoms. The zero-order valence-corrected chi connectivity index (χ0v) is 18.4. The highest BCUT2D eigenvalue weighted by Gasteiger charge is 2.39. The Balaban J connectivity index is 2.14. The first-order valence-electron chi connectivity index (χ1n) is 9.56. The first-order chi connectivity index (χ1) is 11.9. The number of fused-ring (bicyclic) bond motifs is 1. The Bertz CT molecular complexity index is 662. The molecule has 2 rings (SSSR count). The van der Waals surface area contributed by atoms with Crippen molar-refractivity contribution in [3.05, 3.63) is 29.3 Å². The van der Waals surface area contributed by atoms with Crippen LogP contribution in [0.25, 0.3) is 0 Å². The van der Waals surface area contributed by atoms with Gasteiger partial charge in [0.05, 0.1) is 6.61 Å². The molecule has 1 aromatic rings. The molecule has 1 heterocycles. The first-order valence-corrected chi connectivity index (χ1v) is 12.5. The Hall–Kier alpha value is -1.17. The van der Waals surface area contributed by atoms with E-state index in [0.29, 0.717) is 13.0 Å². The number of nitrogens with two attached hydrogens (primary N) is 1. The van der Waals surface area contributed by atoms with Gasteiger partial charge in [0.1, 0.15) is 11.5 Å². The van der Waals surface area contributed by atoms with Crippen molar-refractivity contribution in [3.8, 4) is 5.75 Å². The van der Waals surface area contributed by atoms with E-state index < -0.39 is 13.9 Å². The maximum atomic E-state index is 12.4. The Kier molecular flexibility index (Phi) is 6.05. The van der Waals surface area contributed by atoms with E-state index in [0.717, 1.165) is 24.3 Å². The van der Waals surface area contributed by atoms with Crippen molar-refractivity contribution in [2.75, 3.05) is 13.2 Å². The van der Waals surface area contributed by atoms with E-state index in [4.69, 9.17) is 14.9 Å². The van der Waals surface area contributed by atoms with Crippen LogP contribution >= 0.6 is 0 Å². The molecule has 1 aliphatic heterocycles. The summed E-state index contributed by atoms with van der Waals surface area (Å²) in [6, 6.07) is 6.08. The third-order valence-corrected chi connectivity index (χ3v) is 10.7. The Morgan fingerprint density at radius 2 is 1.96 bits per heavy atom. The van der Waals surface area contributed by atoms with Gasteiger partial charge in [-0.2, -0.15) is 0 Å². The van der Waals surface area contributed by atoms with Gasteiger partial charge in [-0.3, -0.25) is 4.79 Å². The summed E-state index contributed by atoms with van der Waals surface area (Å²) in [6.07, 6.45) is 1.54. The highest BCUT2D eigenvalue weighted by Crippen LogP contribution is 2.38.